The van der Waals surface area contributed by atoms with Gasteiger partial charge in [0.1, 0.15) is 17.2 Å². The van der Waals surface area contributed by atoms with Crippen LogP contribution in [0.25, 0.3) is 11.1 Å². The molecule has 0 radical (unpaired) electrons. The molecule has 3 N–H and O–H groups in total. The molecule has 0 aliphatic heterocycles. The van der Waals surface area contributed by atoms with Crippen molar-refractivity contribution >= 4 is 0 Å². The lowest BCUT2D eigenvalue weighted by molar-refractivity contribution is 0.448. The minimum atomic E-state index is -0.0182. The van der Waals surface area contributed by atoms with Crippen LogP contribution < -0.4 is 0 Å². The molecule has 21 heavy (non-hydrogen) atoms. The van der Waals surface area contributed by atoms with Crippen molar-refractivity contribution in [2.75, 3.05) is 0 Å². The lowest BCUT2D eigenvalue weighted by Crippen LogP contribution is -2.00. The van der Waals surface area contributed by atoms with Crippen molar-refractivity contribution in [1.29, 1.82) is 0 Å². The van der Waals surface area contributed by atoms with Gasteiger partial charge in [0.2, 0.25) is 0 Å². The van der Waals surface area contributed by atoms with Gasteiger partial charge in [-0.25, -0.2) is 0 Å². The van der Waals surface area contributed by atoms with E-state index < -0.39 is 0 Å². The van der Waals surface area contributed by atoms with E-state index in [1.807, 2.05) is 19.9 Å². The number of benzene rings is 2. The highest BCUT2D eigenvalue weighted by molar-refractivity contribution is 5.84. The van der Waals surface area contributed by atoms with Crippen molar-refractivity contribution in [3.63, 3.8) is 0 Å². The van der Waals surface area contributed by atoms with Gasteiger partial charge in [0, 0.05) is 5.56 Å². The van der Waals surface area contributed by atoms with Crippen LogP contribution in [-0.4, -0.2) is 15.3 Å². The van der Waals surface area contributed by atoms with Crippen molar-refractivity contribution in [2.45, 2.75) is 40.0 Å². The largest absolute Gasteiger partial charge is 0.507 e. The Morgan fingerprint density at radius 1 is 0.762 bits per heavy atom. The van der Waals surface area contributed by atoms with Gasteiger partial charge in [-0.05, 0) is 48.1 Å². The first-order chi connectivity index (χ1) is 10.0. The molecule has 0 saturated carbocycles. The predicted molar refractivity (Wildman–Crippen MR) is 85.0 cm³/mol. The number of hydrogen-bond donors (Lipinski definition) is 3. The summed E-state index contributed by atoms with van der Waals surface area (Å²) in [5.41, 5.74) is 3.83. The zero-order valence-corrected chi connectivity index (χ0v) is 12.8. The Hall–Kier alpha value is -2.16. The zero-order valence-electron chi connectivity index (χ0n) is 12.8. The molecule has 0 atom stereocenters. The summed E-state index contributed by atoms with van der Waals surface area (Å²) in [5, 5.41) is 30.9. The van der Waals surface area contributed by atoms with Crippen LogP contribution >= 0.6 is 0 Å². The maximum atomic E-state index is 10.6. The van der Waals surface area contributed by atoms with Crippen molar-refractivity contribution < 1.29 is 15.3 Å². The summed E-state index contributed by atoms with van der Waals surface area (Å²) in [6, 6.07) is 6.66. The summed E-state index contributed by atoms with van der Waals surface area (Å²) in [7, 11) is 0. The second-order valence-corrected chi connectivity index (χ2v) is 5.13. The third-order valence-corrected chi connectivity index (χ3v) is 3.96. The predicted octanol–water partition coefficient (Wildman–Crippen LogP) is 4.16. The van der Waals surface area contributed by atoms with Gasteiger partial charge in [0.05, 0.1) is 5.56 Å². The van der Waals surface area contributed by atoms with E-state index in [4.69, 9.17) is 0 Å². The molecular formula is C18H22O3. The van der Waals surface area contributed by atoms with E-state index in [9.17, 15) is 15.3 Å². The van der Waals surface area contributed by atoms with Crippen LogP contribution in [0.15, 0.2) is 24.3 Å². The number of hydrogen-bond acceptors (Lipinski definition) is 3. The molecule has 0 aliphatic rings. The number of aromatic hydroxyl groups is 3. The van der Waals surface area contributed by atoms with E-state index in [1.165, 1.54) is 12.1 Å². The highest BCUT2D eigenvalue weighted by atomic mass is 16.3. The molecule has 2 rings (SSSR count). The van der Waals surface area contributed by atoms with Gasteiger partial charge in [0.15, 0.2) is 0 Å². The van der Waals surface area contributed by atoms with Crippen LogP contribution in [0, 0.1) is 0 Å². The summed E-state index contributed by atoms with van der Waals surface area (Å²) >= 11 is 0. The Kier molecular flexibility index (Phi) is 4.41. The van der Waals surface area contributed by atoms with E-state index in [0.717, 1.165) is 29.5 Å². The standard InChI is InChI=1S/C18H22O3/c1-4-11-10-12(5-2)18(21)16(13(11)6-3)17-14(19)8-7-9-15(17)20/h7-10,19-21H,4-6H2,1-3H3. The number of rotatable bonds is 4. The second kappa shape index (κ2) is 6.08. The molecule has 112 valence electrons. The fourth-order valence-electron chi connectivity index (χ4n) is 2.87. The zero-order chi connectivity index (χ0) is 15.6. The Bertz CT molecular complexity index is 640. The summed E-state index contributed by atoms with van der Waals surface area (Å²) < 4.78 is 0. The fourth-order valence-corrected chi connectivity index (χ4v) is 2.87. The molecule has 0 bridgehead atoms. The quantitative estimate of drug-likeness (QED) is 0.791. The number of phenols is 3. The molecule has 2 aromatic rings. The number of aryl methyl sites for hydroxylation is 2. The normalized spacial score (nSPS) is 10.8. The fraction of sp³-hybridized carbons (Fsp3) is 0.333. The monoisotopic (exact) mass is 286 g/mol. The van der Waals surface area contributed by atoms with E-state index in [1.54, 1.807) is 6.07 Å². The molecular weight excluding hydrogens is 264 g/mol. The van der Waals surface area contributed by atoms with Crippen molar-refractivity contribution in [3.05, 3.63) is 41.0 Å². The van der Waals surface area contributed by atoms with Crippen LogP contribution in [-0.2, 0) is 19.3 Å². The van der Waals surface area contributed by atoms with E-state index >= 15 is 0 Å². The topological polar surface area (TPSA) is 60.7 Å². The first kappa shape index (κ1) is 15.2. The molecule has 2 aromatic carbocycles. The van der Waals surface area contributed by atoms with Gasteiger partial charge in [-0.3, -0.25) is 0 Å². The van der Waals surface area contributed by atoms with Crippen LogP contribution in [0.4, 0.5) is 0 Å². The minimum absolute atomic E-state index is 0.0182. The molecule has 0 spiro atoms. The second-order valence-electron chi connectivity index (χ2n) is 5.13. The van der Waals surface area contributed by atoms with Gasteiger partial charge in [0.25, 0.3) is 0 Å². The lowest BCUT2D eigenvalue weighted by atomic mass is 9.88. The third kappa shape index (κ3) is 2.56. The highest BCUT2D eigenvalue weighted by Crippen LogP contribution is 2.46. The summed E-state index contributed by atoms with van der Waals surface area (Å²) in [6.07, 6.45) is 2.27. The molecule has 3 heteroatoms. The van der Waals surface area contributed by atoms with Gasteiger partial charge in [-0.15, -0.1) is 0 Å². The Balaban J connectivity index is 2.89. The maximum Gasteiger partial charge on any atom is 0.127 e. The van der Waals surface area contributed by atoms with Crippen LogP contribution in [0.1, 0.15) is 37.5 Å². The van der Waals surface area contributed by atoms with E-state index in [-0.39, 0.29) is 17.2 Å². The van der Waals surface area contributed by atoms with Crippen molar-refractivity contribution in [2.24, 2.45) is 0 Å². The van der Waals surface area contributed by atoms with Crippen LogP contribution in [0.2, 0.25) is 0 Å². The Morgan fingerprint density at radius 3 is 1.81 bits per heavy atom. The van der Waals surface area contributed by atoms with Gasteiger partial charge in [-0.2, -0.15) is 0 Å². The smallest absolute Gasteiger partial charge is 0.127 e. The van der Waals surface area contributed by atoms with Crippen molar-refractivity contribution in [3.8, 4) is 28.4 Å². The van der Waals surface area contributed by atoms with Gasteiger partial charge >= 0.3 is 0 Å². The SMILES string of the molecule is CCc1cc(CC)c(CC)c(-c2c(O)cccc2O)c1O. The third-order valence-electron chi connectivity index (χ3n) is 3.96. The van der Waals surface area contributed by atoms with E-state index in [2.05, 4.69) is 6.92 Å². The lowest BCUT2D eigenvalue weighted by Gasteiger charge is -2.19. The van der Waals surface area contributed by atoms with Gasteiger partial charge in [-0.1, -0.05) is 32.9 Å². The molecule has 3 nitrogen and oxygen atoms in total. The number of phenolic OH excluding ortho intramolecular Hbond substituents is 3. The molecule has 0 heterocycles. The van der Waals surface area contributed by atoms with Gasteiger partial charge < -0.3 is 15.3 Å². The molecule has 0 fully saturated rings. The van der Waals surface area contributed by atoms with Crippen LogP contribution in [0.3, 0.4) is 0 Å². The highest BCUT2D eigenvalue weighted by Gasteiger charge is 2.21. The molecule has 0 saturated heterocycles. The summed E-state index contributed by atoms with van der Waals surface area (Å²) in [6.45, 7) is 6.06. The van der Waals surface area contributed by atoms with Crippen LogP contribution in [0.5, 0.6) is 17.2 Å². The maximum absolute atomic E-state index is 10.6. The first-order valence-corrected chi connectivity index (χ1v) is 7.42. The summed E-state index contributed by atoms with van der Waals surface area (Å²) in [4.78, 5) is 0. The molecule has 0 aromatic heterocycles. The average Bonchev–Trinajstić information content (AvgIpc) is 2.48. The average molecular weight is 286 g/mol. The summed E-state index contributed by atoms with van der Waals surface area (Å²) in [5.74, 6) is 0.119. The Morgan fingerprint density at radius 2 is 1.33 bits per heavy atom. The van der Waals surface area contributed by atoms with E-state index in [0.29, 0.717) is 17.5 Å². The minimum Gasteiger partial charge on any atom is -0.507 e. The Labute approximate surface area is 125 Å². The molecule has 0 unspecified atom stereocenters. The first-order valence-electron chi connectivity index (χ1n) is 7.42. The molecule has 0 aliphatic carbocycles. The molecule has 0 amide bonds. The van der Waals surface area contributed by atoms with Crippen molar-refractivity contribution in [1.82, 2.24) is 0 Å².